The number of nitrogens with one attached hydrogen (secondary N) is 1. The second-order valence-electron chi connectivity index (χ2n) is 5.56. The Hall–Kier alpha value is -0.0800. The monoisotopic (exact) mass is 215 g/mol. The number of hydrogen-bond donors (Lipinski definition) is 1. The first-order valence-corrected chi connectivity index (χ1v) is 6.16. The molecule has 0 heterocycles. The lowest BCUT2D eigenvalue weighted by Gasteiger charge is -2.27. The lowest BCUT2D eigenvalue weighted by atomic mass is 9.99. The molecule has 1 N–H and O–H groups in total. The van der Waals surface area contributed by atoms with E-state index in [2.05, 4.69) is 39.9 Å². The van der Waals surface area contributed by atoms with Crippen LogP contribution in [-0.2, 0) is 4.74 Å². The van der Waals surface area contributed by atoms with E-state index in [-0.39, 0.29) is 5.60 Å². The van der Waals surface area contributed by atoms with Crippen molar-refractivity contribution in [1.29, 1.82) is 0 Å². The van der Waals surface area contributed by atoms with Gasteiger partial charge in [0.1, 0.15) is 0 Å². The number of rotatable bonds is 8. The molecule has 0 saturated heterocycles. The van der Waals surface area contributed by atoms with Gasteiger partial charge in [0.15, 0.2) is 0 Å². The highest BCUT2D eigenvalue weighted by atomic mass is 16.5. The molecule has 15 heavy (non-hydrogen) atoms. The first-order chi connectivity index (χ1) is 6.87. The van der Waals surface area contributed by atoms with E-state index in [0.717, 1.165) is 18.9 Å². The Morgan fingerprint density at radius 1 is 1.20 bits per heavy atom. The molecular formula is C13H29NO. The first-order valence-electron chi connectivity index (χ1n) is 6.16. The molecule has 0 radical (unpaired) electrons. The van der Waals surface area contributed by atoms with Crippen LogP contribution in [0.1, 0.15) is 53.9 Å². The molecule has 0 aliphatic rings. The lowest BCUT2D eigenvalue weighted by molar-refractivity contribution is 0.00858. The van der Waals surface area contributed by atoms with Crippen LogP contribution in [0.3, 0.4) is 0 Å². The maximum absolute atomic E-state index is 5.41. The maximum Gasteiger partial charge on any atom is 0.0637 e. The first kappa shape index (κ1) is 14.9. The summed E-state index contributed by atoms with van der Waals surface area (Å²) >= 11 is 0. The van der Waals surface area contributed by atoms with Crippen LogP contribution < -0.4 is 5.32 Å². The van der Waals surface area contributed by atoms with Gasteiger partial charge in [-0.05, 0) is 52.5 Å². The minimum atomic E-state index is -0.00946. The van der Waals surface area contributed by atoms with E-state index in [9.17, 15) is 0 Å². The normalized spacial score (nSPS) is 14.6. The average molecular weight is 215 g/mol. The van der Waals surface area contributed by atoms with Crippen molar-refractivity contribution in [1.82, 2.24) is 5.32 Å². The van der Waals surface area contributed by atoms with Crippen LogP contribution in [0.4, 0.5) is 0 Å². The van der Waals surface area contributed by atoms with Crippen LogP contribution in [0.15, 0.2) is 0 Å². The van der Waals surface area contributed by atoms with Gasteiger partial charge in [-0.25, -0.2) is 0 Å². The second-order valence-corrected chi connectivity index (χ2v) is 5.56. The molecule has 0 bridgehead atoms. The molecule has 1 unspecified atom stereocenters. The van der Waals surface area contributed by atoms with Gasteiger partial charge in [-0.2, -0.15) is 0 Å². The Morgan fingerprint density at radius 2 is 1.80 bits per heavy atom. The highest BCUT2D eigenvalue weighted by Gasteiger charge is 2.19. The van der Waals surface area contributed by atoms with E-state index in [1.807, 2.05) is 0 Å². The summed E-state index contributed by atoms with van der Waals surface area (Å²) in [5.74, 6) is 0.817. The number of methoxy groups -OCH3 is 1. The Bertz CT molecular complexity index is 155. The Kier molecular flexibility index (Phi) is 7.20. The lowest BCUT2D eigenvalue weighted by Crippen LogP contribution is -2.36. The van der Waals surface area contributed by atoms with E-state index in [1.54, 1.807) is 7.11 Å². The third-order valence-electron chi connectivity index (χ3n) is 2.80. The zero-order valence-electron chi connectivity index (χ0n) is 11.4. The molecule has 0 saturated carbocycles. The van der Waals surface area contributed by atoms with Gasteiger partial charge in [-0.15, -0.1) is 0 Å². The van der Waals surface area contributed by atoms with Crippen LogP contribution in [0.5, 0.6) is 0 Å². The van der Waals surface area contributed by atoms with Crippen LogP contribution in [0.2, 0.25) is 0 Å². The van der Waals surface area contributed by atoms with E-state index < -0.39 is 0 Å². The van der Waals surface area contributed by atoms with Crippen molar-refractivity contribution in [2.45, 2.75) is 65.5 Å². The maximum atomic E-state index is 5.41. The zero-order chi connectivity index (χ0) is 11.9. The van der Waals surface area contributed by atoms with Gasteiger partial charge in [0.05, 0.1) is 5.60 Å². The van der Waals surface area contributed by atoms with Gasteiger partial charge in [0.25, 0.3) is 0 Å². The molecule has 92 valence electrons. The number of ether oxygens (including phenoxy) is 1. The fraction of sp³-hybridized carbons (Fsp3) is 1.00. The summed E-state index contributed by atoms with van der Waals surface area (Å²) in [6.07, 6.45) is 3.65. The molecular weight excluding hydrogens is 186 g/mol. The smallest absolute Gasteiger partial charge is 0.0637 e. The average Bonchev–Trinajstić information content (AvgIpc) is 2.11. The van der Waals surface area contributed by atoms with Crippen molar-refractivity contribution < 1.29 is 4.74 Å². The molecule has 2 heteroatoms. The fourth-order valence-corrected chi connectivity index (χ4v) is 1.75. The van der Waals surface area contributed by atoms with Gasteiger partial charge in [0, 0.05) is 13.2 Å². The van der Waals surface area contributed by atoms with Gasteiger partial charge >= 0.3 is 0 Å². The molecule has 0 rings (SSSR count). The van der Waals surface area contributed by atoms with E-state index in [4.69, 9.17) is 4.74 Å². The van der Waals surface area contributed by atoms with Crippen molar-refractivity contribution in [3.05, 3.63) is 0 Å². The highest BCUT2D eigenvalue weighted by Crippen LogP contribution is 2.15. The molecule has 2 nitrogen and oxygen atoms in total. The van der Waals surface area contributed by atoms with Gasteiger partial charge < -0.3 is 10.1 Å². The third-order valence-corrected chi connectivity index (χ3v) is 2.80. The molecule has 0 amide bonds. The minimum absolute atomic E-state index is 0.00946. The van der Waals surface area contributed by atoms with Crippen LogP contribution in [0.25, 0.3) is 0 Å². The highest BCUT2D eigenvalue weighted by molar-refractivity contribution is 4.75. The standard InChI is InChI=1S/C13H29NO/c1-11(2)8-7-9-14-12(3)10-13(4,5)15-6/h11-12,14H,7-10H2,1-6H3. The van der Waals surface area contributed by atoms with Gasteiger partial charge in [-0.1, -0.05) is 13.8 Å². The third kappa shape index (κ3) is 8.88. The fourth-order valence-electron chi connectivity index (χ4n) is 1.75. The summed E-state index contributed by atoms with van der Waals surface area (Å²) in [5, 5.41) is 3.55. The van der Waals surface area contributed by atoms with E-state index in [1.165, 1.54) is 12.8 Å². The minimum Gasteiger partial charge on any atom is -0.379 e. The Balaban J connectivity index is 3.53. The van der Waals surface area contributed by atoms with Crippen LogP contribution in [0, 0.1) is 5.92 Å². The van der Waals surface area contributed by atoms with Crippen molar-refractivity contribution in [2.75, 3.05) is 13.7 Å². The summed E-state index contributed by atoms with van der Waals surface area (Å²) in [7, 11) is 1.78. The quantitative estimate of drug-likeness (QED) is 0.628. The molecule has 1 atom stereocenters. The van der Waals surface area contributed by atoms with Gasteiger partial charge in [0.2, 0.25) is 0 Å². The molecule has 0 fully saturated rings. The summed E-state index contributed by atoms with van der Waals surface area (Å²) < 4.78 is 5.41. The van der Waals surface area contributed by atoms with E-state index >= 15 is 0 Å². The molecule has 0 aliphatic heterocycles. The molecule has 0 aromatic carbocycles. The largest absolute Gasteiger partial charge is 0.379 e. The summed E-state index contributed by atoms with van der Waals surface area (Å²) in [5.41, 5.74) is -0.00946. The predicted molar refractivity (Wildman–Crippen MR) is 67.2 cm³/mol. The summed E-state index contributed by atoms with van der Waals surface area (Å²) in [4.78, 5) is 0. The van der Waals surface area contributed by atoms with Crippen molar-refractivity contribution in [3.8, 4) is 0 Å². The van der Waals surface area contributed by atoms with E-state index in [0.29, 0.717) is 6.04 Å². The molecule has 0 aromatic rings. The van der Waals surface area contributed by atoms with Crippen LogP contribution in [-0.4, -0.2) is 25.3 Å². The van der Waals surface area contributed by atoms with Gasteiger partial charge in [-0.3, -0.25) is 0 Å². The summed E-state index contributed by atoms with van der Waals surface area (Å²) in [6, 6.07) is 0.534. The molecule has 0 aliphatic carbocycles. The topological polar surface area (TPSA) is 21.3 Å². The van der Waals surface area contributed by atoms with Crippen molar-refractivity contribution in [2.24, 2.45) is 5.92 Å². The summed E-state index contributed by atoms with van der Waals surface area (Å²) in [6.45, 7) is 12.2. The number of hydrogen-bond acceptors (Lipinski definition) is 2. The van der Waals surface area contributed by atoms with Crippen molar-refractivity contribution in [3.63, 3.8) is 0 Å². The van der Waals surface area contributed by atoms with Crippen LogP contribution >= 0.6 is 0 Å². The molecule has 0 aromatic heterocycles. The van der Waals surface area contributed by atoms with Crippen molar-refractivity contribution >= 4 is 0 Å². The Morgan fingerprint density at radius 3 is 2.27 bits per heavy atom. The SMILES string of the molecule is COC(C)(C)CC(C)NCCCC(C)C. The molecule has 0 spiro atoms. The zero-order valence-corrected chi connectivity index (χ0v) is 11.4. The Labute approximate surface area is 95.8 Å². The second kappa shape index (κ2) is 7.24. The predicted octanol–water partition coefficient (Wildman–Crippen LogP) is 3.22.